The van der Waals surface area contributed by atoms with Crippen molar-refractivity contribution in [2.45, 2.75) is 0 Å². The molecule has 90 valence electrons. The average molecular weight is 308 g/mol. The van der Waals surface area contributed by atoms with Gasteiger partial charge < -0.3 is 5.73 Å². The van der Waals surface area contributed by atoms with Crippen LogP contribution in [0, 0.1) is 5.82 Å². The number of nitrogens with zero attached hydrogens (tertiary/aromatic N) is 4. The summed E-state index contributed by atoms with van der Waals surface area (Å²) in [5, 5.41) is 7.67. The first kappa shape index (κ1) is 11.1. The van der Waals surface area contributed by atoms with Gasteiger partial charge in [-0.2, -0.15) is 0 Å². The zero-order valence-corrected chi connectivity index (χ0v) is 10.6. The molecule has 3 aromatic rings. The molecule has 0 saturated heterocycles. The van der Waals surface area contributed by atoms with Crippen LogP contribution in [0.25, 0.3) is 16.9 Å². The lowest BCUT2D eigenvalue weighted by Crippen LogP contribution is -2.03. The molecule has 2 aromatic heterocycles. The zero-order chi connectivity index (χ0) is 12.7. The zero-order valence-electron chi connectivity index (χ0n) is 9.01. The van der Waals surface area contributed by atoms with Gasteiger partial charge in [-0.1, -0.05) is 12.1 Å². The summed E-state index contributed by atoms with van der Waals surface area (Å²) < 4.78 is 15.8. The molecule has 2 heterocycles. The summed E-state index contributed by atoms with van der Waals surface area (Å²) in [6.45, 7) is 0. The summed E-state index contributed by atoms with van der Waals surface area (Å²) in [5.74, 6) is -0.162. The third kappa shape index (κ3) is 1.55. The number of fused-ring (bicyclic) bond motifs is 1. The van der Waals surface area contributed by atoms with E-state index in [0.717, 1.165) is 0 Å². The Balaban J connectivity index is 2.36. The Morgan fingerprint density at radius 3 is 2.83 bits per heavy atom. The molecule has 2 N–H and O–H groups in total. The van der Waals surface area contributed by atoms with Gasteiger partial charge in [-0.3, -0.25) is 4.40 Å². The maximum Gasteiger partial charge on any atom is 0.207 e. The van der Waals surface area contributed by atoms with Crippen LogP contribution in [0.2, 0.25) is 0 Å². The minimum Gasteiger partial charge on any atom is -0.369 e. The summed E-state index contributed by atoms with van der Waals surface area (Å²) in [5.41, 5.74) is 7.06. The van der Waals surface area contributed by atoms with Gasteiger partial charge in [0.1, 0.15) is 12.1 Å². The minimum atomic E-state index is -0.367. The molecule has 0 radical (unpaired) electrons. The number of aromatic nitrogens is 4. The highest BCUT2D eigenvalue weighted by Gasteiger charge is 2.16. The van der Waals surface area contributed by atoms with E-state index in [4.69, 9.17) is 5.73 Å². The maximum absolute atomic E-state index is 13.8. The molecule has 0 spiro atoms. The highest BCUT2D eigenvalue weighted by Crippen LogP contribution is 2.31. The second-order valence-corrected chi connectivity index (χ2v) is 4.43. The van der Waals surface area contributed by atoms with E-state index in [2.05, 4.69) is 31.1 Å². The molecule has 0 saturated carbocycles. The van der Waals surface area contributed by atoms with Gasteiger partial charge in [0, 0.05) is 5.56 Å². The average Bonchev–Trinajstić information content (AvgIpc) is 2.85. The van der Waals surface area contributed by atoms with E-state index in [1.54, 1.807) is 18.2 Å². The minimum absolute atomic E-state index is 0.205. The fraction of sp³-hybridized carbons (Fsp3) is 0. The van der Waals surface area contributed by atoms with E-state index in [9.17, 15) is 4.39 Å². The SMILES string of the molecule is Nc1nc(-c2ccccc2F)c(Br)c2nncn12. The van der Waals surface area contributed by atoms with E-state index in [-0.39, 0.29) is 11.8 Å². The van der Waals surface area contributed by atoms with Crippen molar-refractivity contribution in [2.75, 3.05) is 5.73 Å². The van der Waals surface area contributed by atoms with Gasteiger partial charge in [0.15, 0.2) is 5.65 Å². The third-order valence-electron chi connectivity index (χ3n) is 2.55. The number of nitrogens with two attached hydrogens (primary N) is 1. The van der Waals surface area contributed by atoms with Gasteiger partial charge in [0.25, 0.3) is 0 Å². The van der Waals surface area contributed by atoms with E-state index in [1.165, 1.54) is 16.8 Å². The Kier molecular flexibility index (Phi) is 2.48. The number of halogens is 2. The molecular formula is C11H7BrFN5. The number of hydrogen-bond donors (Lipinski definition) is 1. The van der Waals surface area contributed by atoms with Crippen LogP contribution in [0.1, 0.15) is 0 Å². The van der Waals surface area contributed by atoms with Gasteiger partial charge >= 0.3 is 0 Å². The molecule has 3 rings (SSSR count). The highest BCUT2D eigenvalue weighted by molar-refractivity contribution is 9.10. The van der Waals surface area contributed by atoms with Crippen molar-refractivity contribution in [1.82, 2.24) is 19.6 Å². The standard InChI is InChI=1S/C11H7BrFN5/c12-8-9(6-3-1-2-4-7(6)13)16-11(14)18-5-15-17-10(8)18/h1-5H,(H2,14,16). The van der Waals surface area contributed by atoms with Crippen molar-refractivity contribution in [3.8, 4) is 11.3 Å². The van der Waals surface area contributed by atoms with Gasteiger partial charge in [0.05, 0.1) is 10.2 Å². The topological polar surface area (TPSA) is 69.1 Å². The van der Waals surface area contributed by atoms with Crippen molar-refractivity contribution in [3.63, 3.8) is 0 Å². The molecule has 0 bridgehead atoms. The van der Waals surface area contributed by atoms with Crippen LogP contribution >= 0.6 is 15.9 Å². The summed E-state index contributed by atoms with van der Waals surface area (Å²) in [6.07, 6.45) is 1.45. The lowest BCUT2D eigenvalue weighted by Gasteiger charge is -2.07. The summed E-state index contributed by atoms with van der Waals surface area (Å²) in [6, 6.07) is 6.35. The Hall–Kier alpha value is -2.02. The number of hydrogen-bond acceptors (Lipinski definition) is 4. The van der Waals surface area contributed by atoms with Crippen molar-refractivity contribution >= 4 is 27.5 Å². The smallest absolute Gasteiger partial charge is 0.207 e. The van der Waals surface area contributed by atoms with Crippen LogP contribution in [0.5, 0.6) is 0 Å². The van der Waals surface area contributed by atoms with Crippen LogP contribution in [0.3, 0.4) is 0 Å². The lowest BCUT2D eigenvalue weighted by atomic mass is 10.1. The second kappa shape index (κ2) is 4.02. The molecular weight excluding hydrogens is 301 g/mol. The van der Waals surface area contributed by atoms with E-state index in [1.807, 2.05) is 0 Å². The van der Waals surface area contributed by atoms with Crippen LogP contribution in [-0.4, -0.2) is 19.6 Å². The quantitative estimate of drug-likeness (QED) is 0.749. The number of benzene rings is 1. The Labute approximate surface area is 110 Å². The van der Waals surface area contributed by atoms with Crippen molar-refractivity contribution < 1.29 is 4.39 Å². The van der Waals surface area contributed by atoms with Crippen LogP contribution in [0.15, 0.2) is 35.1 Å². The first-order valence-corrected chi connectivity index (χ1v) is 5.87. The third-order valence-corrected chi connectivity index (χ3v) is 3.28. The molecule has 0 aliphatic carbocycles. The predicted molar refractivity (Wildman–Crippen MR) is 68.3 cm³/mol. The lowest BCUT2D eigenvalue weighted by molar-refractivity contribution is 0.630. The Morgan fingerprint density at radius 2 is 2.06 bits per heavy atom. The Bertz CT molecular complexity index is 739. The fourth-order valence-electron chi connectivity index (χ4n) is 1.71. The first-order chi connectivity index (χ1) is 8.68. The molecule has 1 aromatic carbocycles. The molecule has 7 heteroatoms. The normalized spacial score (nSPS) is 11.0. The molecule has 0 fully saturated rings. The van der Waals surface area contributed by atoms with Gasteiger partial charge in [0.2, 0.25) is 5.95 Å². The van der Waals surface area contributed by atoms with Crippen molar-refractivity contribution in [3.05, 3.63) is 40.9 Å². The molecule has 0 atom stereocenters. The van der Waals surface area contributed by atoms with Crippen LogP contribution < -0.4 is 5.73 Å². The monoisotopic (exact) mass is 307 g/mol. The van der Waals surface area contributed by atoms with Gasteiger partial charge in [-0.15, -0.1) is 10.2 Å². The summed E-state index contributed by atoms with van der Waals surface area (Å²) in [7, 11) is 0. The van der Waals surface area contributed by atoms with Gasteiger partial charge in [-0.05, 0) is 28.1 Å². The predicted octanol–water partition coefficient (Wildman–Crippen LogP) is 2.28. The molecule has 0 unspecified atom stereocenters. The fourth-order valence-corrected chi connectivity index (χ4v) is 2.28. The highest BCUT2D eigenvalue weighted by atomic mass is 79.9. The molecule has 0 aliphatic heterocycles. The summed E-state index contributed by atoms with van der Waals surface area (Å²) >= 11 is 3.36. The number of rotatable bonds is 1. The van der Waals surface area contributed by atoms with Crippen LogP contribution in [0.4, 0.5) is 10.3 Å². The number of nitrogen functional groups attached to an aromatic ring is 1. The van der Waals surface area contributed by atoms with E-state index < -0.39 is 0 Å². The van der Waals surface area contributed by atoms with Gasteiger partial charge in [-0.25, -0.2) is 9.37 Å². The first-order valence-electron chi connectivity index (χ1n) is 5.08. The van der Waals surface area contributed by atoms with Crippen LogP contribution in [-0.2, 0) is 0 Å². The van der Waals surface area contributed by atoms with E-state index in [0.29, 0.717) is 21.4 Å². The van der Waals surface area contributed by atoms with Crippen molar-refractivity contribution in [1.29, 1.82) is 0 Å². The number of anilines is 1. The molecule has 18 heavy (non-hydrogen) atoms. The van der Waals surface area contributed by atoms with E-state index >= 15 is 0 Å². The van der Waals surface area contributed by atoms with Crippen molar-refractivity contribution in [2.24, 2.45) is 0 Å². The molecule has 0 amide bonds. The Morgan fingerprint density at radius 1 is 1.28 bits per heavy atom. The largest absolute Gasteiger partial charge is 0.369 e. The summed E-state index contributed by atoms with van der Waals surface area (Å²) in [4.78, 5) is 4.18. The second-order valence-electron chi connectivity index (χ2n) is 3.64. The maximum atomic E-state index is 13.8. The molecule has 0 aliphatic rings. The molecule has 5 nitrogen and oxygen atoms in total.